The molecule has 0 radical (unpaired) electrons. The molecule has 1 aromatic heterocycles. The highest BCUT2D eigenvalue weighted by Gasteiger charge is 2.27. The number of nitrogens with zero attached hydrogens (tertiary/aromatic N) is 1. The Balaban J connectivity index is 1.50. The van der Waals surface area contributed by atoms with Crippen LogP contribution in [-0.4, -0.2) is 17.5 Å². The molecule has 0 saturated heterocycles. The predicted octanol–water partition coefficient (Wildman–Crippen LogP) is 7.12. The van der Waals surface area contributed by atoms with Crippen molar-refractivity contribution in [2.24, 2.45) is 5.41 Å². The molecule has 0 spiro atoms. The molecule has 0 bridgehead atoms. The fraction of sp³-hybridized carbons (Fsp3) is 0.385. The Morgan fingerprint density at radius 1 is 1.09 bits per heavy atom. The van der Waals surface area contributed by atoms with Gasteiger partial charge in [-0.25, -0.2) is 4.98 Å². The van der Waals surface area contributed by atoms with Crippen LogP contribution in [0.5, 0.6) is 5.75 Å². The molecule has 0 saturated carbocycles. The summed E-state index contributed by atoms with van der Waals surface area (Å²) < 4.78 is 5.67. The first-order valence-electron chi connectivity index (χ1n) is 10.7. The Hall–Kier alpha value is -2.37. The predicted molar refractivity (Wildman–Crippen MR) is 134 cm³/mol. The van der Waals surface area contributed by atoms with E-state index in [0.29, 0.717) is 15.9 Å². The van der Waals surface area contributed by atoms with E-state index in [9.17, 15) is 4.79 Å². The number of nitrogens with one attached hydrogen (secondary N) is 1. The molecule has 1 amide bonds. The van der Waals surface area contributed by atoms with E-state index < -0.39 is 0 Å². The number of anilines is 1. The molecule has 0 aliphatic heterocycles. The minimum atomic E-state index is -0.231. The zero-order valence-corrected chi connectivity index (χ0v) is 20.9. The number of ether oxygens (including phenoxy) is 1. The standard InChI is InChI=1S/C26H31ClN2O2S/c1-25(2,3)17-26(4,5)19-9-11-21(12-10-19)31-16-23(30)29-24-28-15-22(32-24)14-18-7-6-8-20(27)13-18/h6-13,15H,14,16-17H2,1-5H3,(H,28,29,30). The maximum atomic E-state index is 12.3. The van der Waals surface area contributed by atoms with E-state index in [0.717, 1.165) is 23.3 Å². The highest BCUT2D eigenvalue weighted by molar-refractivity contribution is 7.15. The van der Waals surface area contributed by atoms with Gasteiger partial charge in [0.15, 0.2) is 11.7 Å². The van der Waals surface area contributed by atoms with Gasteiger partial charge in [0.1, 0.15) is 5.75 Å². The highest BCUT2D eigenvalue weighted by Crippen LogP contribution is 2.36. The maximum Gasteiger partial charge on any atom is 0.264 e. The van der Waals surface area contributed by atoms with Gasteiger partial charge in [0.05, 0.1) is 0 Å². The average molecular weight is 471 g/mol. The van der Waals surface area contributed by atoms with Crippen molar-refractivity contribution in [3.05, 3.63) is 75.8 Å². The molecule has 32 heavy (non-hydrogen) atoms. The molecule has 170 valence electrons. The number of aromatic nitrogens is 1. The first kappa shape index (κ1) is 24.3. The molecule has 0 aliphatic rings. The summed E-state index contributed by atoms with van der Waals surface area (Å²) in [5.41, 5.74) is 2.69. The number of hydrogen-bond donors (Lipinski definition) is 1. The lowest BCUT2D eigenvalue weighted by Crippen LogP contribution is -2.24. The number of carbonyl (C=O) groups is 1. The SMILES string of the molecule is CC(C)(C)CC(C)(C)c1ccc(OCC(=O)Nc2ncc(Cc3cccc(Cl)c3)s2)cc1. The van der Waals surface area contributed by atoms with Gasteiger partial charge >= 0.3 is 0 Å². The lowest BCUT2D eigenvalue weighted by atomic mass is 9.72. The van der Waals surface area contributed by atoms with Crippen LogP contribution in [0.2, 0.25) is 5.02 Å². The van der Waals surface area contributed by atoms with Gasteiger partial charge in [0.2, 0.25) is 0 Å². The third-order valence-electron chi connectivity index (χ3n) is 5.05. The molecule has 0 atom stereocenters. The van der Waals surface area contributed by atoms with Crippen molar-refractivity contribution in [1.82, 2.24) is 4.98 Å². The van der Waals surface area contributed by atoms with Gasteiger partial charge < -0.3 is 4.74 Å². The molecular weight excluding hydrogens is 440 g/mol. The quantitative estimate of drug-likeness (QED) is 0.381. The number of carbonyl (C=O) groups excluding carboxylic acids is 1. The summed E-state index contributed by atoms with van der Waals surface area (Å²) in [5.74, 6) is 0.446. The number of amides is 1. The molecule has 3 rings (SSSR count). The van der Waals surface area contributed by atoms with Crippen molar-refractivity contribution in [3.63, 3.8) is 0 Å². The number of halogens is 1. The van der Waals surface area contributed by atoms with Crippen molar-refractivity contribution in [2.45, 2.75) is 52.9 Å². The summed E-state index contributed by atoms with van der Waals surface area (Å²) in [6.07, 6.45) is 3.58. The molecule has 3 aromatic rings. The largest absolute Gasteiger partial charge is 0.484 e. The topological polar surface area (TPSA) is 51.2 Å². The lowest BCUT2D eigenvalue weighted by molar-refractivity contribution is -0.118. The zero-order chi connectivity index (χ0) is 23.4. The van der Waals surface area contributed by atoms with Crippen LogP contribution < -0.4 is 10.1 Å². The third kappa shape index (κ3) is 7.35. The second-order valence-electron chi connectivity index (χ2n) is 9.92. The number of hydrogen-bond acceptors (Lipinski definition) is 4. The van der Waals surface area contributed by atoms with Crippen LogP contribution in [0.4, 0.5) is 5.13 Å². The smallest absolute Gasteiger partial charge is 0.264 e. The summed E-state index contributed by atoms with van der Waals surface area (Å²) in [7, 11) is 0. The highest BCUT2D eigenvalue weighted by atomic mass is 35.5. The Kier molecular flexibility index (Phi) is 7.63. The van der Waals surface area contributed by atoms with Crippen LogP contribution in [0.15, 0.2) is 54.7 Å². The monoisotopic (exact) mass is 470 g/mol. The van der Waals surface area contributed by atoms with Crippen LogP contribution in [0, 0.1) is 5.41 Å². The van der Waals surface area contributed by atoms with Crippen LogP contribution in [0.25, 0.3) is 0 Å². The maximum absolute atomic E-state index is 12.3. The Bertz CT molecular complexity index is 1050. The summed E-state index contributed by atoms with van der Waals surface area (Å²) in [6.45, 7) is 11.2. The molecule has 0 fully saturated rings. The van der Waals surface area contributed by atoms with Crippen molar-refractivity contribution < 1.29 is 9.53 Å². The van der Waals surface area contributed by atoms with E-state index in [1.165, 1.54) is 16.9 Å². The Morgan fingerprint density at radius 2 is 1.81 bits per heavy atom. The lowest BCUT2D eigenvalue weighted by Gasteiger charge is -2.33. The average Bonchev–Trinajstić information content (AvgIpc) is 3.11. The molecule has 4 nitrogen and oxygen atoms in total. The van der Waals surface area contributed by atoms with Gasteiger partial charge in [-0.2, -0.15) is 0 Å². The van der Waals surface area contributed by atoms with Crippen molar-refractivity contribution >= 4 is 34.0 Å². The third-order valence-corrected chi connectivity index (χ3v) is 6.19. The minimum absolute atomic E-state index is 0.0616. The van der Waals surface area contributed by atoms with Crippen LogP contribution in [0.3, 0.4) is 0 Å². The summed E-state index contributed by atoms with van der Waals surface area (Å²) in [6, 6.07) is 15.8. The van der Waals surface area contributed by atoms with Crippen LogP contribution >= 0.6 is 22.9 Å². The van der Waals surface area contributed by atoms with E-state index in [1.54, 1.807) is 6.20 Å². The van der Waals surface area contributed by atoms with E-state index >= 15 is 0 Å². The van der Waals surface area contributed by atoms with Gasteiger partial charge in [-0.05, 0) is 52.6 Å². The molecule has 0 unspecified atom stereocenters. The molecule has 6 heteroatoms. The molecule has 0 aliphatic carbocycles. The molecular formula is C26H31ClN2O2S. The Morgan fingerprint density at radius 3 is 2.47 bits per heavy atom. The van der Waals surface area contributed by atoms with E-state index in [1.807, 2.05) is 36.4 Å². The van der Waals surface area contributed by atoms with Gasteiger partial charge in [-0.1, -0.05) is 70.5 Å². The van der Waals surface area contributed by atoms with Crippen molar-refractivity contribution in [2.75, 3.05) is 11.9 Å². The Labute approximate surface area is 200 Å². The van der Waals surface area contributed by atoms with E-state index in [4.69, 9.17) is 16.3 Å². The number of rotatable bonds is 8. The number of benzene rings is 2. The fourth-order valence-electron chi connectivity index (χ4n) is 4.03. The molecule has 1 N–H and O–H groups in total. The second-order valence-corrected chi connectivity index (χ2v) is 11.5. The minimum Gasteiger partial charge on any atom is -0.484 e. The first-order chi connectivity index (χ1) is 15.0. The van der Waals surface area contributed by atoms with Crippen molar-refractivity contribution in [1.29, 1.82) is 0 Å². The van der Waals surface area contributed by atoms with E-state index in [2.05, 4.69) is 57.1 Å². The van der Waals surface area contributed by atoms with Gasteiger partial charge in [-0.3, -0.25) is 10.1 Å². The van der Waals surface area contributed by atoms with Crippen LogP contribution in [0.1, 0.15) is 57.0 Å². The number of thiazole rings is 1. The van der Waals surface area contributed by atoms with Crippen molar-refractivity contribution in [3.8, 4) is 5.75 Å². The summed E-state index contributed by atoms with van der Waals surface area (Å²) >= 11 is 7.49. The molecule has 2 aromatic carbocycles. The van der Waals surface area contributed by atoms with Gasteiger partial charge in [-0.15, -0.1) is 11.3 Å². The normalized spacial score (nSPS) is 11.9. The first-order valence-corrected chi connectivity index (χ1v) is 11.9. The fourth-order valence-corrected chi connectivity index (χ4v) is 5.11. The van der Waals surface area contributed by atoms with Gasteiger partial charge in [0, 0.05) is 22.5 Å². The summed E-state index contributed by atoms with van der Waals surface area (Å²) in [5, 5.41) is 4.08. The van der Waals surface area contributed by atoms with Gasteiger partial charge in [0.25, 0.3) is 5.91 Å². The zero-order valence-electron chi connectivity index (χ0n) is 19.4. The van der Waals surface area contributed by atoms with Crippen LogP contribution in [-0.2, 0) is 16.6 Å². The summed E-state index contributed by atoms with van der Waals surface area (Å²) in [4.78, 5) is 17.6. The van der Waals surface area contributed by atoms with E-state index in [-0.39, 0.29) is 23.3 Å². The molecule has 1 heterocycles. The second kappa shape index (κ2) is 10.1.